The number of hydrogen-bond donors (Lipinski definition) is 1. The molecule has 10 nitrogen and oxygen atoms in total. The number of aromatic nitrogens is 4. The zero-order valence-corrected chi connectivity index (χ0v) is 26.3. The minimum Gasteiger partial charge on any atom is -0.427 e. The summed E-state index contributed by atoms with van der Waals surface area (Å²) in [5.74, 6) is -1.12. The van der Waals surface area contributed by atoms with E-state index in [1.165, 1.54) is 42.0 Å². The molecule has 5 aromatic rings. The molecule has 0 aliphatic rings. The second kappa shape index (κ2) is 14.3. The molecule has 4 aromatic carbocycles. The molecule has 0 spiro atoms. The van der Waals surface area contributed by atoms with Crippen LogP contribution in [0, 0.1) is 0 Å². The van der Waals surface area contributed by atoms with Crippen molar-refractivity contribution in [3.8, 4) is 28.3 Å². The first-order chi connectivity index (χ1) is 22.9. The Morgan fingerprint density at radius 1 is 0.896 bits per heavy atom. The summed E-state index contributed by atoms with van der Waals surface area (Å²) in [6.45, 7) is 0. The molecule has 246 valence electrons. The van der Waals surface area contributed by atoms with Crippen LogP contribution in [0.1, 0.15) is 44.7 Å². The number of nitrogens with one attached hydrogen (secondary N) is 1. The molecule has 0 saturated carbocycles. The Balaban J connectivity index is 1.30. The average molecular weight is 657 g/mol. The third kappa shape index (κ3) is 7.92. The van der Waals surface area contributed by atoms with Crippen LogP contribution in [0.25, 0.3) is 22.5 Å². The van der Waals surface area contributed by atoms with E-state index in [0.717, 1.165) is 6.07 Å². The number of ether oxygens (including phenoxy) is 1. The molecule has 0 unspecified atom stereocenters. The van der Waals surface area contributed by atoms with E-state index < -0.39 is 35.1 Å². The lowest BCUT2D eigenvalue weighted by molar-refractivity contribution is -0.138. The molecule has 5 rings (SSSR count). The van der Waals surface area contributed by atoms with Crippen molar-refractivity contribution in [1.29, 1.82) is 0 Å². The van der Waals surface area contributed by atoms with Gasteiger partial charge >= 0.3 is 12.1 Å². The number of benzene rings is 4. The van der Waals surface area contributed by atoms with E-state index in [-0.39, 0.29) is 23.2 Å². The van der Waals surface area contributed by atoms with Crippen molar-refractivity contribution in [2.24, 2.45) is 7.05 Å². The number of rotatable bonds is 10. The summed E-state index contributed by atoms with van der Waals surface area (Å²) in [5.41, 5.74) is 0.439. The topological polar surface area (TPSA) is 119 Å². The fourth-order valence-corrected chi connectivity index (χ4v) is 5.04. The molecule has 0 radical (unpaired) electrons. The van der Waals surface area contributed by atoms with Crippen LogP contribution in [0.2, 0.25) is 0 Å². The number of aryl methyl sites for hydroxylation is 2. The largest absolute Gasteiger partial charge is 0.427 e. The summed E-state index contributed by atoms with van der Waals surface area (Å²) in [7, 11) is 4.71. The van der Waals surface area contributed by atoms with Crippen molar-refractivity contribution in [2.45, 2.75) is 25.4 Å². The van der Waals surface area contributed by atoms with Crippen LogP contribution in [0.5, 0.6) is 5.75 Å². The maximum Gasteiger partial charge on any atom is 0.417 e. The van der Waals surface area contributed by atoms with Gasteiger partial charge in [-0.15, -0.1) is 10.2 Å². The standard InChI is InChI=1S/C35H31F3N6O4/c1-43(2)34(47)27-21-22(9-7-14-30(45)48-25-18-16-24(17-19-25)32-40-42-44(3)41-32)15-20-29(27)39-33(46)31-26(23-10-5-4-6-11-23)12-8-13-28(31)35(36,37)38/h4-6,8,10-13,15-21H,7,9,14H2,1-3H3,(H,39,46). The van der Waals surface area contributed by atoms with Gasteiger partial charge in [0.1, 0.15) is 5.75 Å². The molecule has 0 aliphatic heterocycles. The van der Waals surface area contributed by atoms with Crippen LogP contribution in [-0.4, -0.2) is 57.0 Å². The number of nitrogens with zero attached hydrogens (tertiary/aromatic N) is 5. The zero-order valence-electron chi connectivity index (χ0n) is 26.3. The van der Waals surface area contributed by atoms with E-state index in [1.807, 2.05) is 0 Å². The Morgan fingerprint density at radius 2 is 1.62 bits per heavy atom. The quantitative estimate of drug-likeness (QED) is 0.136. The van der Waals surface area contributed by atoms with E-state index in [0.29, 0.717) is 41.1 Å². The number of halogens is 3. The van der Waals surface area contributed by atoms with Crippen LogP contribution < -0.4 is 10.1 Å². The fraction of sp³-hybridized carbons (Fsp3) is 0.200. The average Bonchev–Trinajstić information content (AvgIpc) is 3.51. The Kier molecular flexibility index (Phi) is 9.97. The molecule has 1 N–H and O–H groups in total. The van der Waals surface area contributed by atoms with Crippen molar-refractivity contribution >= 4 is 23.5 Å². The summed E-state index contributed by atoms with van der Waals surface area (Å²) < 4.78 is 47.8. The lowest BCUT2D eigenvalue weighted by Gasteiger charge is -2.19. The summed E-state index contributed by atoms with van der Waals surface area (Å²) >= 11 is 0. The van der Waals surface area contributed by atoms with Crippen molar-refractivity contribution in [2.75, 3.05) is 19.4 Å². The lowest BCUT2D eigenvalue weighted by atomic mass is 9.94. The molecule has 0 atom stereocenters. The Hall–Kier alpha value is -5.85. The van der Waals surface area contributed by atoms with Gasteiger partial charge in [0, 0.05) is 26.1 Å². The Labute approximate surface area is 274 Å². The van der Waals surface area contributed by atoms with E-state index in [1.54, 1.807) is 73.8 Å². The summed E-state index contributed by atoms with van der Waals surface area (Å²) in [6.07, 6.45) is -3.94. The van der Waals surface area contributed by atoms with Gasteiger partial charge in [-0.05, 0) is 77.2 Å². The van der Waals surface area contributed by atoms with Crippen molar-refractivity contribution in [3.05, 3.63) is 113 Å². The first-order valence-electron chi connectivity index (χ1n) is 14.9. The highest BCUT2D eigenvalue weighted by atomic mass is 19.4. The third-order valence-electron chi connectivity index (χ3n) is 7.35. The fourth-order valence-electron chi connectivity index (χ4n) is 5.04. The van der Waals surface area contributed by atoms with Crippen LogP contribution in [0.3, 0.4) is 0 Å². The van der Waals surface area contributed by atoms with Crippen molar-refractivity contribution < 1.29 is 32.3 Å². The molecule has 0 bridgehead atoms. The number of hydrogen-bond acceptors (Lipinski definition) is 7. The van der Waals surface area contributed by atoms with Gasteiger partial charge in [-0.2, -0.15) is 18.0 Å². The SMILES string of the molecule is CN(C)C(=O)c1cc(CCCC(=O)Oc2ccc(-c3nnn(C)n3)cc2)ccc1NC(=O)c1c(-c2ccccc2)cccc1C(F)(F)F. The van der Waals surface area contributed by atoms with Gasteiger partial charge in [-0.25, -0.2) is 0 Å². The van der Waals surface area contributed by atoms with Gasteiger partial charge < -0.3 is 15.0 Å². The number of alkyl halides is 3. The number of esters is 1. The molecule has 0 fully saturated rings. The van der Waals surface area contributed by atoms with Crippen molar-refractivity contribution in [1.82, 2.24) is 25.1 Å². The van der Waals surface area contributed by atoms with Gasteiger partial charge in [0.15, 0.2) is 0 Å². The summed E-state index contributed by atoms with van der Waals surface area (Å²) in [4.78, 5) is 41.9. The van der Waals surface area contributed by atoms with Crippen LogP contribution >= 0.6 is 0 Å². The second-order valence-corrected chi connectivity index (χ2v) is 11.1. The van der Waals surface area contributed by atoms with Gasteiger partial charge in [0.2, 0.25) is 5.82 Å². The predicted molar refractivity (Wildman–Crippen MR) is 172 cm³/mol. The highest BCUT2D eigenvalue weighted by molar-refractivity contribution is 6.12. The van der Waals surface area contributed by atoms with Crippen LogP contribution in [0.15, 0.2) is 91.0 Å². The lowest BCUT2D eigenvalue weighted by Crippen LogP contribution is -2.25. The maximum atomic E-state index is 14.1. The van der Waals surface area contributed by atoms with Crippen LogP contribution in [0.4, 0.5) is 18.9 Å². The monoisotopic (exact) mass is 656 g/mol. The summed E-state index contributed by atoms with van der Waals surface area (Å²) in [5, 5.41) is 14.4. The summed E-state index contributed by atoms with van der Waals surface area (Å²) in [6, 6.07) is 23.2. The minimum absolute atomic E-state index is 0.0537. The van der Waals surface area contributed by atoms with Crippen LogP contribution in [-0.2, 0) is 24.4 Å². The van der Waals surface area contributed by atoms with E-state index in [4.69, 9.17) is 4.74 Å². The predicted octanol–water partition coefficient (Wildman–Crippen LogP) is 6.45. The molecule has 13 heteroatoms. The highest BCUT2D eigenvalue weighted by Gasteiger charge is 2.37. The molecule has 2 amide bonds. The Morgan fingerprint density at radius 3 is 2.27 bits per heavy atom. The first kappa shape index (κ1) is 33.5. The number of amides is 2. The van der Waals surface area contributed by atoms with E-state index in [2.05, 4.69) is 20.7 Å². The first-order valence-corrected chi connectivity index (χ1v) is 14.9. The smallest absolute Gasteiger partial charge is 0.417 e. The normalized spacial score (nSPS) is 11.2. The van der Waals surface area contributed by atoms with Gasteiger partial charge in [-0.3, -0.25) is 14.4 Å². The maximum absolute atomic E-state index is 14.1. The number of anilines is 1. The van der Waals surface area contributed by atoms with E-state index in [9.17, 15) is 27.6 Å². The third-order valence-corrected chi connectivity index (χ3v) is 7.35. The highest BCUT2D eigenvalue weighted by Crippen LogP contribution is 2.37. The minimum atomic E-state index is -4.80. The van der Waals surface area contributed by atoms with Gasteiger partial charge in [0.25, 0.3) is 11.8 Å². The molecule has 0 aliphatic carbocycles. The van der Waals surface area contributed by atoms with Crippen molar-refractivity contribution in [3.63, 3.8) is 0 Å². The molecule has 1 heterocycles. The zero-order chi connectivity index (χ0) is 34.4. The Bertz CT molecular complexity index is 1940. The molecular weight excluding hydrogens is 625 g/mol. The van der Waals surface area contributed by atoms with Gasteiger partial charge in [0.05, 0.1) is 29.4 Å². The van der Waals surface area contributed by atoms with E-state index >= 15 is 0 Å². The molecule has 48 heavy (non-hydrogen) atoms. The molecule has 1 aromatic heterocycles. The number of carbonyl (C=O) groups excluding carboxylic acids is 3. The molecule has 0 saturated heterocycles. The number of carbonyl (C=O) groups is 3. The van der Waals surface area contributed by atoms with Gasteiger partial charge in [-0.1, -0.05) is 48.5 Å². The molecular formula is C35H31F3N6O4. The second-order valence-electron chi connectivity index (χ2n) is 11.1. The number of tetrazole rings is 1.